The van der Waals surface area contributed by atoms with Crippen molar-refractivity contribution in [3.8, 4) is 5.75 Å². The first-order chi connectivity index (χ1) is 17.6. The molecule has 194 valence electrons. The number of carbonyl (C=O) groups is 3. The average molecular weight is 550 g/mol. The van der Waals surface area contributed by atoms with Crippen molar-refractivity contribution < 1.29 is 42.4 Å². The lowest BCUT2D eigenvalue weighted by Gasteiger charge is -2.16. The van der Waals surface area contributed by atoms with Crippen LogP contribution in [-0.4, -0.2) is 57.7 Å². The molecular weight excluding hydrogens is 530 g/mol. The highest BCUT2D eigenvalue weighted by atomic mass is 32.2. The van der Waals surface area contributed by atoms with E-state index in [4.69, 9.17) is 14.5 Å². The zero-order chi connectivity index (χ0) is 26.6. The minimum absolute atomic E-state index is 0.0211. The molecule has 15 heteroatoms. The lowest BCUT2D eigenvalue weighted by atomic mass is 10.2. The molecule has 0 spiro atoms. The van der Waals surface area contributed by atoms with E-state index in [0.29, 0.717) is 10.6 Å². The van der Waals surface area contributed by atoms with Crippen molar-refractivity contribution in [1.29, 1.82) is 0 Å². The van der Waals surface area contributed by atoms with Crippen molar-refractivity contribution in [3.05, 3.63) is 65.5 Å². The van der Waals surface area contributed by atoms with Crippen molar-refractivity contribution >= 4 is 54.3 Å². The summed E-state index contributed by atoms with van der Waals surface area (Å²) in [5.74, 6) is -1.24. The highest BCUT2D eigenvalue weighted by Crippen LogP contribution is 2.37. The van der Waals surface area contributed by atoms with Gasteiger partial charge in [0.2, 0.25) is 5.91 Å². The summed E-state index contributed by atoms with van der Waals surface area (Å²) in [6.45, 7) is 0.114. The fourth-order valence-corrected chi connectivity index (χ4v) is 4.52. The second-order valence-corrected chi connectivity index (χ2v) is 9.88. The summed E-state index contributed by atoms with van der Waals surface area (Å²) in [4.78, 5) is 54.5. The van der Waals surface area contributed by atoms with Crippen LogP contribution in [0.5, 0.6) is 5.75 Å². The number of carbonyl (C=O) groups excluding carboxylic acids is 3. The largest absolute Gasteiger partial charge is 0.524 e. The van der Waals surface area contributed by atoms with E-state index in [-0.39, 0.29) is 41.7 Å². The van der Waals surface area contributed by atoms with Crippen molar-refractivity contribution in [2.24, 2.45) is 5.10 Å². The van der Waals surface area contributed by atoms with Crippen LogP contribution in [0.4, 0.5) is 14.9 Å². The number of nitrogens with one attached hydrogen (secondary N) is 2. The molecule has 2 aromatic carbocycles. The van der Waals surface area contributed by atoms with Crippen LogP contribution in [0.2, 0.25) is 0 Å². The number of thioether (sulfide) groups is 1. The number of ether oxygens (including phenoxy) is 1. The van der Waals surface area contributed by atoms with Gasteiger partial charge < -0.3 is 14.6 Å². The molecule has 0 bridgehead atoms. The Hall–Kier alpha value is -3.71. The van der Waals surface area contributed by atoms with Crippen molar-refractivity contribution in [3.63, 3.8) is 0 Å². The fraction of sp³-hybridized carbons (Fsp3) is 0.182. The topological polar surface area (TPSA) is 167 Å². The van der Waals surface area contributed by atoms with Crippen LogP contribution in [0.25, 0.3) is 6.08 Å². The Labute approximate surface area is 213 Å². The van der Waals surface area contributed by atoms with Crippen LogP contribution in [0.3, 0.4) is 0 Å². The highest BCUT2D eigenvalue weighted by Gasteiger charge is 2.33. The van der Waals surface area contributed by atoms with Gasteiger partial charge in [0.15, 0.2) is 0 Å². The molecule has 2 aromatic rings. The smallest absolute Gasteiger partial charge is 0.442 e. The summed E-state index contributed by atoms with van der Waals surface area (Å²) in [5.41, 5.74) is 3.35. The second kappa shape index (κ2) is 11.1. The first-order valence-electron chi connectivity index (χ1n) is 10.7. The standard InChI is InChI=1S/C22H20FN4O8PS/c23-18-9-14(4-7-17(18)21-26-25-20(29)12-37-21)27-11-16(34-22(27)30)10-24-19(28)8-3-13-1-5-15(6-2-13)35-36(31,32)33/h1-9,16H,10-12H2,(H,24,28)(H,25,29)(H2,31,32,33)/b8-3+/t16-/m0/s1. The summed E-state index contributed by atoms with van der Waals surface area (Å²) >= 11 is 1.10. The minimum Gasteiger partial charge on any atom is -0.442 e. The van der Waals surface area contributed by atoms with Crippen LogP contribution in [0.15, 0.2) is 53.6 Å². The maximum absolute atomic E-state index is 14.7. The summed E-state index contributed by atoms with van der Waals surface area (Å²) in [7, 11) is -4.65. The number of halogens is 1. The quantitative estimate of drug-likeness (QED) is 0.284. The van der Waals surface area contributed by atoms with E-state index in [1.54, 1.807) is 6.07 Å². The monoisotopic (exact) mass is 550 g/mol. The van der Waals surface area contributed by atoms with Gasteiger partial charge in [0.1, 0.15) is 22.7 Å². The molecule has 0 unspecified atom stereocenters. The van der Waals surface area contributed by atoms with E-state index in [1.165, 1.54) is 53.5 Å². The first-order valence-corrected chi connectivity index (χ1v) is 13.2. The number of hydrogen-bond donors (Lipinski definition) is 4. The molecule has 0 aromatic heterocycles. The van der Waals surface area contributed by atoms with Crippen LogP contribution in [0.1, 0.15) is 11.1 Å². The Morgan fingerprint density at radius 1 is 1.30 bits per heavy atom. The molecule has 0 aliphatic carbocycles. The Morgan fingerprint density at radius 3 is 2.70 bits per heavy atom. The summed E-state index contributed by atoms with van der Waals surface area (Å²) in [6.07, 6.45) is 1.38. The van der Waals surface area contributed by atoms with Gasteiger partial charge in [0, 0.05) is 11.6 Å². The molecule has 4 N–H and O–H groups in total. The number of anilines is 1. The van der Waals surface area contributed by atoms with Gasteiger partial charge in [-0.05, 0) is 42.0 Å². The third-order valence-corrected chi connectivity index (χ3v) is 6.47. The molecular formula is C22H20FN4O8PS. The zero-order valence-corrected chi connectivity index (χ0v) is 20.6. The number of amides is 3. The van der Waals surface area contributed by atoms with Gasteiger partial charge in [-0.2, -0.15) is 5.10 Å². The Balaban J connectivity index is 1.29. The van der Waals surface area contributed by atoms with Gasteiger partial charge in [-0.25, -0.2) is 19.2 Å². The van der Waals surface area contributed by atoms with Gasteiger partial charge in [0.25, 0.3) is 5.91 Å². The van der Waals surface area contributed by atoms with Gasteiger partial charge in [-0.1, -0.05) is 23.9 Å². The maximum atomic E-state index is 14.7. The second-order valence-electron chi connectivity index (χ2n) is 7.75. The third kappa shape index (κ3) is 7.17. The van der Waals surface area contributed by atoms with E-state index in [0.717, 1.165) is 11.8 Å². The Morgan fingerprint density at radius 2 is 2.05 bits per heavy atom. The summed E-state index contributed by atoms with van der Waals surface area (Å²) in [5, 5.41) is 6.78. The molecule has 0 radical (unpaired) electrons. The molecule has 1 atom stereocenters. The molecule has 4 rings (SSSR count). The number of nitrogens with zero attached hydrogens (tertiary/aromatic N) is 2. The van der Waals surface area contributed by atoms with Crippen molar-refractivity contribution in [2.75, 3.05) is 23.7 Å². The SMILES string of the molecule is O=C(/C=C/c1ccc(OP(=O)(O)O)cc1)NC[C@H]1CN(c2ccc(C3=NNC(=O)CS3)c(F)c2)C(=O)O1. The molecule has 2 aliphatic heterocycles. The summed E-state index contributed by atoms with van der Waals surface area (Å²) < 4.78 is 35.2. The van der Waals surface area contributed by atoms with Gasteiger partial charge in [-0.3, -0.25) is 24.3 Å². The van der Waals surface area contributed by atoms with E-state index in [1.807, 2.05) is 0 Å². The molecule has 0 saturated carbocycles. The molecule has 3 amide bonds. The number of hydrogen-bond acceptors (Lipinski definition) is 8. The third-order valence-electron chi connectivity index (χ3n) is 5.03. The molecule has 1 fully saturated rings. The molecule has 2 aliphatic rings. The van der Waals surface area contributed by atoms with Gasteiger partial charge in [0.05, 0.1) is 24.5 Å². The maximum Gasteiger partial charge on any atom is 0.524 e. The van der Waals surface area contributed by atoms with Crippen LogP contribution in [0, 0.1) is 5.82 Å². The predicted octanol–water partition coefficient (Wildman–Crippen LogP) is 1.98. The number of rotatable bonds is 8. The van der Waals surface area contributed by atoms with E-state index >= 15 is 0 Å². The molecule has 12 nitrogen and oxygen atoms in total. The van der Waals surface area contributed by atoms with Crippen molar-refractivity contribution in [1.82, 2.24) is 10.7 Å². The normalized spacial score (nSPS) is 17.9. The number of cyclic esters (lactones) is 1. The Kier molecular flexibility index (Phi) is 7.93. The minimum atomic E-state index is -4.65. The van der Waals surface area contributed by atoms with Gasteiger partial charge >= 0.3 is 13.9 Å². The van der Waals surface area contributed by atoms with E-state index < -0.39 is 31.7 Å². The predicted molar refractivity (Wildman–Crippen MR) is 132 cm³/mol. The van der Waals surface area contributed by atoms with Gasteiger partial charge in [-0.15, -0.1) is 0 Å². The summed E-state index contributed by atoms with van der Waals surface area (Å²) in [6, 6.07) is 9.88. The van der Waals surface area contributed by atoms with Crippen LogP contribution >= 0.6 is 19.6 Å². The Bertz CT molecular complexity index is 1330. The molecule has 37 heavy (non-hydrogen) atoms. The van der Waals surface area contributed by atoms with Crippen LogP contribution in [-0.2, 0) is 18.9 Å². The van der Waals surface area contributed by atoms with E-state index in [9.17, 15) is 23.3 Å². The average Bonchev–Trinajstić information content (AvgIpc) is 3.22. The number of benzene rings is 2. The lowest BCUT2D eigenvalue weighted by molar-refractivity contribution is -0.118. The number of phosphoric acid groups is 1. The highest BCUT2D eigenvalue weighted by molar-refractivity contribution is 8.15. The number of phosphoric ester groups is 1. The zero-order valence-electron chi connectivity index (χ0n) is 18.9. The van der Waals surface area contributed by atoms with E-state index in [2.05, 4.69) is 20.4 Å². The number of hydrazone groups is 1. The molecule has 1 saturated heterocycles. The van der Waals surface area contributed by atoms with Crippen LogP contribution < -0.4 is 20.2 Å². The van der Waals surface area contributed by atoms with Crippen molar-refractivity contribution in [2.45, 2.75) is 6.10 Å². The molecule has 2 heterocycles. The first kappa shape index (κ1) is 26.4. The lowest BCUT2D eigenvalue weighted by Crippen LogP contribution is -2.33. The fourth-order valence-electron chi connectivity index (χ4n) is 3.36.